The van der Waals surface area contributed by atoms with E-state index in [0.29, 0.717) is 4.88 Å². The molecule has 2 N–H and O–H groups in total. The number of aliphatic hydroxyl groups is 1. The maximum Gasteiger partial charge on any atom is 0.349 e. The van der Waals surface area contributed by atoms with Crippen LogP contribution in [0.2, 0.25) is 0 Å². The maximum atomic E-state index is 12.2. The zero-order valence-corrected chi connectivity index (χ0v) is 13.4. The molecule has 0 aliphatic carbocycles. The summed E-state index contributed by atoms with van der Waals surface area (Å²) in [7, 11) is -2.70. The lowest BCUT2D eigenvalue weighted by atomic mass is 10.3. The molecule has 114 valence electrons. The van der Waals surface area contributed by atoms with Crippen LogP contribution in [-0.4, -0.2) is 33.1 Å². The average molecular weight is 347 g/mol. The molecule has 0 bridgehead atoms. The van der Waals surface area contributed by atoms with Crippen molar-refractivity contribution in [3.8, 4) is 0 Å². The smallest absolute Gasteiger partial charge is 0.349 e. The number of sulfonamides is 1. The number of hydrogen-bond acceptors (Lipinski definition) is 7. The third kappa shape index (κ3) is 3.69. The lowest BCUT2D eigenvalue weighted by molar-refractivity contribution is 0.0602. The van der Waals surface area contributed by atoms with E-state index in [0.717, 1.165) is 11.3 Å². The molecule has 6 nitrogen and oxygen atoms in total. The van der Waals surface area contributed by atoms with E-state index in [2.05, 4.69) is 9.46 Å². The second kappa shape index (κ2) is 6.67. The number of nitrogens with one attached hydrogen (secondary N) is 1. The number of esters is 1. The van der Waals surface area contributed by atoms with Gasteiger partial charge in [-0.25, -0.2) is 17.9 Å². The van der Waals surface area contributed by atoms with Crippen LogP contribution >= 0.6 is 22.7 Å². The van der Waals surface area contributed by atoms with Crippen molar-refractivity contribution in [1.82, 2.24) is 4.72 Å². The Morgan fingerprint density at radius 2 is 2.14 bits per heavy atom. The molecule has 9 heteroatoms. The summed E-state index contributed by atoms with van der Waals surface area (Å²) in [4.78, 5) is 12.0. The Morgan fingerprint density at radius 1 is 1.38 bits per heavy atom. The van der Waals surface area contributed by atoms with Gasteiger partial charge in [0.15, 0.2) is 0 Å². The highest BCUT2D eigenvalue weighted by Gasteiger charge is 2.25. The number of carbonyl (C=O) groups excluding carboxylic acids is 1. The van der Waals surface area contributed by atoms with E-state index in [1.54, 1.807) is 17.5 Å². The van der Waals surface area contributed by atoms with Crippen LogP contribution in [0.25, 0.3) is 0 Å². The van der Waals surface area contributed by atoms with Gasteiger partial charge in [0.2, 0.25) is 10.0 Å². The molecule has 0 aliphatic rings. The Kier molecular flexibility index (Phi) is 5.12. The Bertz CT molecular complexity index is 705. The average Bonchev–Trinajstić information content (AvgIpc) is 3.14. The Labute approximate surface area is 130 Å². The van der Waals surface area contributed by atoms with Crippen LogP contribution in [0.5, 0.6) is 0 Å². The van der Waals surface area contributed by atoms with Crippen molar-refractivity contribution in [1.29, 1.82) is 0 Å². The minimum absolute atomic E-state index is 0.00983. The van der Waals surface area contributed by atoms with Gasteiger partial charge >= 0.3 is 5.97 Å². The first-order valence-electron chi connectivity index (χ1n) is 5.82. The minimum atomic E-state index is -3.88. The van der Waals surface area contributed by atoms with Gasteiger partial charge < -0.3 is 9.84 Å². The molecule has 21 heavy (non-hydrogen) atoms. The van der Waals surface area contributed by atoms with E-state index >= 15 is 0 Å². The molecule has 0 radical (unpaired) electrons. The van der Waals surface area contributed by atoms with Crippen LogP contribution in [0.4, 0.5) is 0 Å². The van der Waals surface area contributed by atoms with Gasteiger partial charge in [0.25, 0.3) is 0 Å². The van der Waals surface area contributed by atoms with E-state index < -0.39 is 22.1 Å². The molecule has 2 aromatic rings. The van der Waals surface area contributed by atoms with Gasteiger partial charge in [-0.3, -0.25) is 0 Å². The highest BCUT2D eigenvalue weighted by atomic mass is 32.2. The van der Waals surface area contributed by atoms with Crippen LogP contribution in [-0.2, 0) is 14.8 Å². The molecular formula is C12H13NO5S3. The molecule has 2 aromatic heterocycles. The van der Waals surface area contributed by atoms with E-state index in [1.807, 2.05) is 0 Å². The Morgan fingerprint density at radius 3 is 2.76 bits per heavy atom. The van der Waals surface area contributed by atoms with Crippen molar-refractivity contribution >= 4 is 38.7 Å². The number of aliphatic hydroxyl groups excluding tert-OH is 1. The molecule has 0 amide bonds. The second-order valence-electron chi connectivity index (χ2n) is 3.99. The monoisotopic (exact) mass is 347 g/mol. The number of hydrogen-bond donors (Lipinski definition) is 2. The minimum Gasteiger partial charge on any atom is -0.465 e. The van der Waals surface area contributed by atoms with Crippen LogP contribution in [0.15, 0.2) is 33.9 Å². The van der Waals surface area contributed by atoms with Crippen LogP contribution in [0, 0.1) is 0 Å². The van der Waals surface area contributed by atoms with Crippen molar-refractivity contribution < 1.29 is 23.1 Å². The summed E-state index contributed by atoms with van der Waals surface area (Å²) in [6.07, 6.45) is -0.931. The summed E-state index contributed by atoms with van der Waals surface area (Å²) in [5.41, 5.74) is 0. The van der Waals surface area contributed by atoms with Crippen molar-refractivity contribution in [2.24, 2.45) is 0 Å². The molecule has 0 aromatic carbocycles. The molecule has 1 atom stereocenters. The van der Waals surface area contributed by atoms with E-state index in [1.165, 1.54) is 29.9 Å². The second-order valence-corrected chi connectivity index (χ2v) is 7.62. The SMILES string of the molecule is COC(=O)c1sccc1S(=O)(=O)NCC(O)c1cccs1. The molecule has 0 aliphatic heterocycles. The first-order chi connectivity index (χ1) is 9.95. The van der Waals surface area contributed by atoms with Crippen LogP contribution in [0.1, 0.15) is 20.7 Å². The molecule has 0 saturated carbocycles. The number of ether oxygens (including phenoxy) is 1. The van der Waals surface area contributed by atoms with Gasteiger partial charge in [-0.2, -0.15) is 0 Å². The fourth-order valence-electron chi connectivity index (χ4n) is 1.60. The van der Waals surface area contributed by atoms with Crippen molar-refractivity contribution in [3.05, 3.63) is 38.7 Å². The number of thiophene rings is 2. The highest BCUT2D eigenvalue weighted by molar-refractivity contribution is 7.89. The summed E-state index contributed by atoms with van der Waals surface area (Å²) < 4.78 is 31.2. The summed E-state index contributed by atoms with van der Waals surface area (Å²) in [5, 5.41) is 13.2. The van der Waals surface area contributed by atoms with Gasteiger partial charge in [-0.1, -0.05) is 6.07 Å². The fraction of sp³-hybridized carbons (Fsp3) is 0.250. The normalized spacial score (nSPS) is 13.0. The van der Waals surface area contributed by atoms with Crippen molar-refractivity contribution in [2.45, 2.75) is 11.0 Å². The van der Waals surface area contributed by atoms with Gasteiger partial charge in [-0.15, -0.1) is 22.7 Å². The molecule has 1 unspecified atom stereocenters. The fourth-order valence-corrected chi connectivity index (χ4v) is 4.68. The molecule has 0 saturated heterocycles. The number of carbonyl (C=O) groups is 1. The Balaban J connectivity index is 2.12. The zero-order valence-electron chi connectivity index (χ0n) is 11.0. The van der Waals surface area contributed by atoms with E-state index in [-0.39, 0.29) is 16.3 Å². The zero-order chi connectivity index (χ0) is 15.5. The van der Waals surface area contributed by atoms with E-state index in [4.69, 9.17) is 0 Å². The molecular weight excluding hydrogens is 334 g/mol. The lowest BCUT2D eigenvalue weighted by Crippen LogP contribution is -2.29. The van der Waals surface area contributed by atoms with E-state index in [9.17, 15) is 18.3 Å². The molecule has 0 spiro atoms. The van der Waals surface area contributed by atoms with Crippen molar-refractivity contribution in [2.75, 3.05) is 13.7 Å². The molecule has 2 heterocycles. The summed E-state index contributed by atoms with van der Waals surface area (Å²) in [6, 6.07) is 4.82. The van der Waals surface area contributed by atoms with Gasteiger partial charge in [0.05, 0.1) is 7.11 Å². The quantitative estimate of drug-likeness (QED) is 0.775. The third-order valence-corrected chi connectivity index (χ3v) is 6.09. The van der Waals surface area contributed by atoms with Gasteiger partial charge in [0.1, 0.15) is 15.9 Å². The summed E-state index contributed by atoms with van der Waals surface area (Å²) in [5.74, 6) is -0.704. The maximum absolute atomic E-state index is 12.2. The van der Waals surface area contributed by atoms with Crippen molar-refractivity contribution in [3.63, 3.8) is 0 Å². The lowest BCUT2D eigenvalue weighted by Gasteiger charge is -2.11. The Hall–Kier alpha value is -1.26. The predicted octanol–water partition coefficient (Wildman–Crippen LogP) is 1.61. The summed E-state index contributed by atoms with van der Waals surface area (Å²) >= 11 is 2.32. The number of methoxy groups -OCH3 is 1. The van der Waals surface area contributed by atoms with Gasteiger partial charge in [-0.05, 0) is 22.9 Å². The van der Waals surface area contributed by atoms with Gasteiger partial charge in [0, 0.05) is 11.4 Å². The molecule has 0 fully saturated rings. The first-order valence-corrected chi connectivity index (χ1v) is 9.07. The first kappa shape index (κ1) is 16.1. The number of rotatable bonds is 6. The third-order valence-electron chi connectivity index (χ3n) is 2.63. The predicted molar refractivity (Wildman–Crippen MR) is 80.1 cm³/mol. The van der Waals surface area contributed by atoms with Crippen LogP contribution in [0.3, 0.4) is 0 Å². The largest absolute Gasteiger partial charge is 0.465 e. The molecule has 2 rings (SSSR count). The topological polar surface area (TPSA) is 92.7 Å². The summed E-state index contributed by atoms with van der Waals surface area (Å²) in [6.45, 7) is -0.167. The standard InChI is InChI=1S/C12H13NO5S3/c1-18-12(15)11-10(4-6-20-11)21(16,17)13-7-8(14)9-3-2-5-19-9/h2-6,8,13-14H,7H2,1H3. The highest BCUT2D eigenvalue weighted by Crippen LogP contribution is 2.23. The van der Waals surface area contributed by atoms with Crippen LogP contribution < -0.4 is 4.72 Å².